The average molecular weight is 433 g/mol. The van der Waals surface area contributed by atoms with Crippen molar-refractivity contribution in [2.45, 2.75) is 13.5 Å². The van der Waals surface area contributed by atoms with E-state index in [4.69, 9.17) is 25.8 Å². The molecule has 0 saturated carbocycles. The molecule has 3 aromatic rings. The molecule has 0 aliphatic rings. The van der Waals surface area contributed by atoms with Gasteiger partial charge in [-0.3, -0.25) is 4.79 Å². The number of ether oxygens (including phenoxy) is 3. The maximum Gasteiger partial charge on any atom is 0.270 e. The zero-order valence-corrected chi connectivity index (χ0v) is 18.1. The number of hydrogen-bond acceptors (Lipinski definition) is 6. The number of carbonyl (C=O) groups excluding carboxylic acids is 1. The Morgan fingerprint density at radius 1 is 1.10 bits per heavy atom. The Balaban J connectivity index is 1.74. The number of benzene rings is 2. The number of amides is 1. The summed E-state index contributed by atoms with van der Waals surface area (Å²) in [6.07, 6.45) is 0. The normalized spacial score (nSPS) is 10.5. The molecule has 152 valence electrons. The molecule has 0 spiro atoms. The van der Waals surface area contributed by atoms with E-state index in [-0.39, 0.29) is 12.5 Å². The number of hydrogen-bond donors (Lipinski definition) is 0. The Bertz CT molecular complexity index is 1000. The van der Waals surface area contributed by atoms with E-state index < -0.39 is 0 Å². The number of methoxy groups -OCH3 is 2. The van der Waals surface area contributed by atoms with Crippen LogP contribution in [0.15, 0.2) is 42.5 Å². The first-order valence-corrected chi connectivity index (χ1v) is 9.97. The van der Waals surface area contributed by atoms with Crippen molar-refractivity contribution in [3.8, 4) is 17.2 Å². The van der Waals surface area contributed by atoms with Crippen molar-refractivity contribution < 1.29 is 19.0 Å². The van der Waals surface area contributed by atoms with Gasteiger partial charge in [0.25, 0.3) is 5.91 Å². The van der Waals surface area contributed by atoms with Gasteiger partial charge in [0.05, 0.1) is 19.9 Å². The van der Waals surface area contributed by atoms with Crippen LogP contribution in [0.4, 0.5) is 5.69 Å². The van der Waals surface area contributed by atoms with Crippen LogP contribution in [0.5, 0.6) is 17.2 Å². The van der Waals surface area contributed by atoms with Gasteiger partial charge in [0.15, 0.2) is 11.5 Å². The molecule has 0 atom stereocenters. The Kier molecular flexibility index (Phi) is 6.61. The maximum atomic E-state index is 13.0. The van der Waals surface area contributed by atoms with E-state index in [1.807, 2.05) is 6.92 Å². The summed E-state index contributed by atoms with van der Waals surface area (Å²) in [4.78, 5) is 19.6. The fourth-order valence-corrected chi connectivity index (χ4v) is 3.77. The molecule has 0 aliphatic carbocycles. The van der Waals surface area contributed by atoms with Crippen molar-refractivity contribution in [2.24, 2.45) is 0 Å². The van der Waals surface area contributed by atoms with E-state index in [1.165, 1.54) is 11.3 Å². The van der Waals surface area contributed by atoms with Gasteiger partial charge in [-0.2, -0.15) is 0 Å². The molecule has 0 bridgehead atoms. The van der Waals surface area contributed by atoms with Crippen LogP contribution >= 0.6 is 22.9 Å². The lowest BCUT2D eigenvalue weighted by Crippen LogP contribution is -2.26. The van der Waals surface area contributed by atoms with Crippen LogP contribution < -0.4 is 19.1 Å². The Morgan fingerprint density at radius 2 is 1.79 bits per heavy atom. The zero-order valence-electron chi connectivity index (χ0n) is 16.6. The zero-order chi connectivity index (χ0) is 21.0. The highest BCUT2D eigenvalue weighted by atomic mass is 35.5. The van der Waals surface area contributed by atoms with E-state index in [2.05, 4.69) is 4.98 Å². The second kappa shape index (κ2) is 9.15. The fraction of sp³-hybridized carbons (Fsp3) is 0.238. The van der Waals surface area contributed by atoms with Gasteiger partial charge >= 0.3 is 0 Å². The second-order valence-electron chi connectivity index (χ2n) is 6.17. The third-order valence-electron chi connectivity index (χ3n) is 4.27. The van der Waals surface area contributed by atoms with Gasteiger partial charge in [0.2, 0.25) is 0 Å². The van der Waals surface area contributed by atoms with Crippen molar-refractivity contribution in [1.82, 2.24) is 4.98 Å². The minimum Gasteiger partial charge on any atom is -0.493 e. The molecular formula is C21H21ClN2O4S. The molecule has 2 aromatic carbocycles. The molecule has 0 aliphatic heterocycles. The van der Waals surface area contributed by atoms with Gasteiger partial charge < -0.3 is 19.1 Å². The average Bonchev–Trinajstić information content (AvgIpc) is 3.12. The summed E-state index contributed by atoms with van der Waals surface area (Å²) < 4.78 is 16.3. The van der Waals surface area contributed by atoms with Gasteiger partial charge in [0.1, 0.15) is 22.2 Å². The number of aromatic nitrogens is 1. The maximum absolute atomic E-state index is 13.0. The Labute approximate surface area is 178 Å². The second-order valence-corrected chi connectivity index (χ2v) is 7.69. The molecule has 0 fully saturated rings. The number of anilines is 1. The van der Waals surface area contributed by atoms with Gasteiger partial charge in [-0.1, -0.05) is 11.6 Å². The Morgan fingerprint density at radius 3 is 2.45 bits per heavy atom. The first-order chi connectivity index (χ1) is 13.9. The molecule has 8 heteroatoms. The summed E-state index contributed by atoms with van der Waals surface area (Å²) >= 11 is 7.20. The highest BCUT2D eigenvalue weighted by molar-refractivity contribution is 7.13. The quantitative estimate of drug-likeness (QED) is 0.527. The largest absolute Gasteiger partial charge is 0.493 e. The number of carbonyl (C=O) groups is 1. The van der Waals surface area contributed by atoms with Crippen LogP contribution in [-0.4, -0.2) is 32.2 Å². The first-order valence-electron chi connectivity index (χ1n) is 8.77. The topological polar surface area (TPSA) is 60.9 Å². The summed E-state index contributed by atoms with van der Waals surface area (Å²) in [5.74, 6) is 1.71. The molecule has 0 N–H and O–H groups in total. The van der Waals surface area contributed by atoms with E-state index >= 15 is 0 Å². The predicted molar refractivity (Wildman–Crippen MR) is 115 cm³/mol. The van der Waals surface area contributed by atoms with Gasteiger partial charge in [0, 0.05) is 23.8 Å². The molecule has 29 heavy (non-hydrogen) atoms. The SMILES string of the molecule is COc1ccc(N(C)C(=O)c2sc(COc3ccc(Cl)cc3)nc2C)cc1OC. The standard InChI is InChI=1S/C21H21ClN2O4S/c1-13-20(29-19(23-13)12-28-16-8-5-14(22)6-9-16)21(25)24(2)15-7-10-17(26-3)18(11-15)27-4/h5-11H,12H2,1-4H3. The van der Waals surface area contributed by atoms with Gasteiger partial charge in [-0.05, 0) is 43.3 Å². The van der Waals surface area contributed by atoms with Crippen molar-refractivity contribution in [1.29, 1.82) is 0 Å². The minimum atomic E-state index is -0.148. The fourth-order valence-electron chi connectivity index (χ4n) is 2.69. The summed E-state index contributed by atoms with van der Waals surface area (Å²) in [6.45, 7) is 2.10. The third-order valence-corrected chi connectivity index (χ3v) is 5.64. The Hall–Kier alpha value is -2.77. The highest BCUT2D eigenvalue weighted by Crippen LogP contribution is 2.32. The van der Waals surface area contributed by atoms with Crippen molar-refractivity contribution in [3.63, 3.8) is 0 Å². The molecule has 0 unspecified atom stereocenters. The van der Waals surface area contributed by atoms with E-state index in [0.717, 1.165) is 5.01 Å². The molecule has 1 heterocycles. The number of thiazole rings is 1. The molecule has 1 aromatic heterocycles. The summed E-state index contributed by atoms with van der Waals surface area (Å²) in [5.41, 5.74) is 1.36. The van der Waals surface area contributed by atoms with E-state index in [0.29, 0.717) is 38.5 Å². The highest BCUT2D eigenvalue weighted by Gasteiger charge is 2.21. The lowest BCUT2D eigenvalue weighted by Gasteiger charge is -2.18. The summed E-state index contributed by atoms with van der Waals surface area (Å²) in [5, 5.41) is 1.37. The number of nitrogens with zero attached hydrogens (tertiary/aromatic N) is 2. The molecule has 1 amide bonds. The lowest BCUT2D eigenvalue weighted by molar-refractivity contribution is 0.0996. The van der Waals surface area contributed by atoms with Crippen molar-refractivity contribution >= 4 is 34.5 Å². The van der Waals surface area contributed by atoms with Crippen LogP contribution in [0, 0.1) is 6.92 Å². The molecule has 3 rings (SSSR count). The molecular weight excluding hydrogens is 412 g/mol. The summed E-state index contributed by atoms with van der Waals surface area (Å²) in [7, 11) is 4.84. The van der Waals surface area contributed by atoms with Crippen LogP contribution in [0.2, 0.25) is 5.02 Å². The van der Waals surface area contributed by atoms with E-state index in [1.54, 1.807) is 68.6 Å². The van der Waals surface area contributed by atoms with Crippen molar-refractivity contribution in [3.05, 3.63) is 63.1 Å². The van der Waals surface area contributed by atoms with Crippen LogP contribution in [0.25, 0.3) is 0 Å². The van der Waals surface area contributed by atoms with Crippen LogP contribution in [0.3, 0.4) is 0 Å². The number of halogens is 1. The minimum absolute atomic E-state index is 0.148. The van der Waals surface area contributed by atoms with Gasteiger partial charge in [-0.25, -0.2) is 4.98 Å². The van der Waals surface area contributed by atoms with Crippen LogP contribution in [-0.2, 0) is 6.61 Å². The predicted octanol–water partition coefficient (Wildman–Crippen LogP) is 4.98. The lowest BCUT2D eigenvalue weighted by atomic mass is 10.2. The molecule has 6 nitrogen and oxygen atoms in total. The van der Waals surface area contributed by atoms with Crippen LogP contribution in [0.1, 0.15) is 20.4 Å². The molecule has 0 radical (unpaired) electrons. The monoisotopic (exact) mass is 432 g/mol. The van der Waals surface area contributed by atoms with Gasteiger partial charge in [-0.15, -0.1) is 11.3 Å². The summed E-state index contributed by atoms with van der Waals surface area (Å²) in [6, 6.07) is 12.4. The number of aryl methyl sites for hydroxylation is 1. The smallest absolute Gasteiger partial charge is 0.270 e. The number of rotatable bonds is 7. The molecule has 0 saturated heterocycles. The first kappa shape index (κ1) is 21.0. The van der Waals surface area contributed by atoms with E-state index in [9.17, 15) is 4.79 Å². The third kappa shape index (κ3) is 4.81. The van der Waals surface area contributed by atoms with Crippen molar-refractivity contribution in [2.75, 3.05) is 26.2 Å².